The highest BCUT2D eigenvalue weighted by molar-refractivity contribution is 5.90. The van der Waals surface area contributed by atoms with Crippen LogP contribution in [0.3, 0.4) is 0 Å². The molecule has 0 saturated heterocycles. The molecule has 2 unspecified atom stereocenters. The summed E-state index contributed by atoms with van der Waals surface area (Å²) < 4.78 is 0. The number of benzene rings is 6. The van der Waals surface area contributed by atoms with E-state index in [0.29, 0.717) is 5.92 Å². The number of allylic oxidation sites excluding steroid dienone is 2. The molecule has 0 saturated carbocycles. The fraction of sp³-hybridized carbons (Fsp3) is 0.0732. The van der Waals surface area contributed by atoms with Crippen molar-refractivity contribution in [1.82, 2.24) is 0 Å². The molecule has 0 amide bonds. The molecule has 1 nitrogen and oxygen atoms in total. The minimum Gasteiger partial charge on any atom is -0.333 e. The molecule has 0 radical (unpaired) electrons. The molecule has 0 fully saturated rings. The topological polar surface area (TPSA) is 3.24 Å². The fourth-order valence-electron chi connectivity index (χ4n) is 7.33. The van der Waals surface area contributed by atoms with Gasteiger partial charge >= 0.3 is 0 Å². The third-order valence-electron chi connectivity index (χ3n) is 9.39. The minimum absolute atomic E-state index is 0.285. The number of rotatable bonds is 3. The minimum atomic E-state index is 0.285. The van der Waals surface area contributed by atoms with Crippen LogP contribution in [0.15, 0.2) is 152 Å². The third-order valence-corrected chi connectivity index (χ3v) is 9.39. The molecule has 1 heterocycles. The van der Waals surface area contributed by atoms with E-state index >= 15 is 0 Å². The van der Waals surface area contributed by atoms with E-state index < -0.39 is 0 Å². The smallest absolute Gasteiger partial charge is 0.0630 e. The molecule has 2 aliphatic carbocycles. The quantitative estimate of drug-likeness (QED) is 0.218. The van der Waals surface area contributed by atoms with Crippen molar-refractivity contribution in [2.45, 2.75) is 18.4 Å². The summed E-state index contributed by atoms with van der Waals surface area (Å²) in [6.07, 6.45) is 8.25. The van der Waals surface area contributed by atoms with Crippen molar-refractivity contribution in [3.63, 3.8) is 0 Å². The van der Waals surface area contributed by atoms with Gasteiger partial charge in [-0.15, -0.1) is 0 Å². The van der Waals surface area contributed by atoms with Crippen LogP contribution >= 0.6 is 0 Å². The molecule has 0 bridgehead atoms. The molecule has 2 atom stereocenters. The van der Waals surface area contributed by atoms with Crippen LogP contribution in [0, 0.1) is 0 Å². The monoisotopic (exact) mass is 535 g/mol. The Morgan fingerprint density at radius 2 is 1.21 bits per heavy atom. The van der Waals surface area contributed by atoms with Gasteiger partial charge in [0.25, 0.3) is 0 Å². The predicted octanol–water partition coefficient (Wildman–Crippen LogP) is 10.3. The van der Waals surface area contributed by atoms with Crippen molar-refractivity contribution < 1.29 is 0 Å². The Labute approximate surface area is 246 Å². The molecule has 0 spiro atoms. The molecule has 6 aromatic rings. The van der Waals surface area contributed by atoms with Gasteiger partial charge < -0.3 is 4.90 Å². The molecule has 1 heteroatoms. The highest BCUT2D eigenvalue weighted by Crippen LogP contribution is 2.49. The van der Waals surface area contributed by atoms with Crippen LogP contribution in [-0.4, -0.2) is 6.04 Å². The average Bonchev–Trinajstić information content (AvgIpc) is 3.59. The van der Waals surface area contributed by atoms with Crippen molar-refractivity contribution >= 4 is 27.7 Å². The standard InChI is InChI=1S/C41H29N/c1-2-10-35(11-3-1)42-40-13-7-6-12-36(40)39-26-32(20-21-41(39)42)31-17-19-34-23-33-18-16-30(24-37(33)38(34)25-31)29-15-14-27-8-4-5-9-28(27)22-29/h1-22,24-26,39,41H,23H2. The molecule has 1 aliphatic heterocycles. The van der Waals surface area contributed by atoms with Crippen LogP contribution in [0.25, 0.3) is 38.6 Å². The second-order valence-electron chi connectivity index (χ2n) is 11.7. The van der Waals surface area contributed by atoms with E-state index in [1.54, 1.807) is 0 Å². The van der Waals surface area contributed by atoms with Crippen LogP contribution in [0.4, 0.5) is 11.4 Å². The molecule has 9 rings (SSSR count). The molecule has 0 aromatic heterocycles. The van der Waals surface area contributed by atoms with E-state index in [-0.39, 0.29) is 6.04 Å². The van der Waals surface area contributed by atoms with Gasteiger partial charge in [0.2, 0.25) is 0 Å². The lowest BCUT2D eigenvalue weighted by atomic mass is 9.85. The maximum Gasteiger partial charge on any atom is 0.0630 e. The van der Waals surface area contributed by atoms with Gasteiger partial charge in [0, 0.05) is 17.3 Å². The number of fused-ring (bicyclic) bond motifs is 7. The van der Waals surface area contributed by atoms with Crippen LogP contribution in [-0.2, 0) is 6.42 Å². The molecule has 198 valence electrons. The third kappa shape index (κ3) is 3.63. The molecule has 6 aromatic carbocycles. The van der Waals surface area contributed by atoms with Crippen molar-refractivity contribution in [2.75, 3.05) is 4.90 Å². The lowest BCUT2D eigenvalue weighted by molar-refractivity contribution is 0.747. The number of hydrogen-bond donors (Lipinski definition) is 0. The molecule has 3 aliphatic rings. The first-order chi connectivity index (χ1) is 20.8. The average molecular weight is 536 g/mol. The summed E-state index contributed by atoms with van der Waals surface area (Å²) in [5.41, 5.74) is 14.7. The number of para-hydroxylation sites is 2. The normalized spacial score (nSPS) is 17.9. The maximum absolute atomic E-state index is 2.50. The van der Waals surface area contributed by atoms with E-state index in [2.05, 4.69) is 157 Å². The Balaban J connectivity index is 1.09. The summed E-state index contributed by atoms with van der Waals surface area (Å²) >= 11 is 0. The van der Waals surface area contributed by atoms with Gasteiger partial charge in [-0.3, -0.25) is 0 Å². The SMILES string of the molecule is C1=CC2C(C=C1c1ccc3c(c1)-c1cc(-c4ccc5ccccc5c4)ccc1C3)c1ccccc1N2c1ccccc1. The Hall–Kier alpha value is -5.14. The van der Waals surface area contributed by atoms with Crippen molar-refractivity contribution in [1.29, 1.82) is 0 Å². The van der Waals surface area contributed by atoms with Gasteiger partial charge in [-0.2, -0.15) is 0 Å². The van der Waals surface area contributed by atoms with E-state index in [4.69, 9.17) is 0 Å². The van der Waals surface area contributed by atoms with Gasteiger partial charge in [-0.1, -0.05) is 115 Å². The lowest BCUT2D eigenvalue weighted by Crippen LogP contribution is -2.28. The Morgan fingerprint density at radius 1 is 0.548 bits per heavy atom. The lowest BCUT2D eigenvalue weighted by Gasteiger charge is -2.29. The van der Waals surface area contributed by atoms with E-state index in [1.165, 1.54) is 72.2 Å². The van der Waals surface area contributed by atoms with Crippen molar-refractivity contribution in [3.8, 4) is 22.3 Å². The van der Waals surface area contributed by atoms with Gasteiger partial charge in [0.1, 0.15) is 0 Å². The molecule has 42 heavy (non-hydrogen) atoms. The summed E-state index contributed by atoms with van der Waals surface area (Å²) in [4.78, 5) is 2.50. The molecule has 0 N–H and O–H groups in total. The first-order valence-corrected chi connectivity index (χ1v) is 14.9. The van der Waals surface area contributed by atoms with Gasteiger partial charge in [-0.25, -0.2) is 0 Å². The zero-order valence-corrected chi connectivity index (χ0v) is 23.2. The Kier molecular flexibility index (Phi) is 5.15. The zero-order valence-electron chi connectivity index (χ0n) is 23.2. The van der Waals surface area contributed by atoms with E-state index in [1.807, 2.05) is 0 Å². The van der Waals surface area contributed by atoms with Crippen LogP contribution in [0.1, 0.15) is 28.2 Å². The first-order valence-electron chi connectivity index (χ1n) is 14.9. The highest BCUT2D eigenvalue weighted by Gasteiger charge is 2.38. The summed E-state index contributed by atoms with van der Waals surface area (Å²) in [6.45, 7) is 0. The van der Waals surface area contributed by atoms with Crippen LogP contribution in [0.2, 0.25) is 0 Å². The second kappa shape index (κ2) is 9.19. The predicted molar refractivity (Wildman–Crippen MR) is 176 cm³/mol. The van der Waals surface area contributed by atoms with Crippen LogP contribution < -0.4 is 4.90 Å². The van der Waals surface area contributed by atoms with Gasteiger partial charge in [-0.05, 0) is 104 Å². The fourth-order valence-corrected chi connectivity index (χ4v) is 7.33. The molecular formula is C41H29N. The van der Waals surface area contributed by atoms with E-state index in [9.17, 15) is 0 Å². The van der Waals surface area contributed by atoms with Gasteiger partial charge in [0.15, 0.2) is 0 Å². The van der Waals surface area contributed by atoms with Crippen molar-refractivity contribution in [2.24, 2.45) is 0 Å². The first kappa shape index (κ1) is 23.6. The maximum atomic E-state index is 2.50. The molecular weight excluding hydrogens is 506 g/mol. The number of hydrogen-bond acceptors (Lipinski definition) is 1. The second-order valence-corrected chi connectivity index (χ2v) is 11.7. The summed E-state index contributed by atoms with van der Waals surface area (Å²) in [5, 5.41) is 2.57. The van der Waals surface area contributed by atoms with Crippen molar-refractivity contribution in [3.05, 3.63) is 174 Å². The van der Waals surface area contributed by atoms with Crippen LogP contribution in [0.5, 0.6) is 0 Å². The number of nitrogens with zero attached hydrogens (tertiary/aromatic N) is 1. The highest BCUT2D eigenvalue weighted by atomic mass is 15.2. The van der Waals surface area contributed by atoms with E-state index in [0.717, 1.165) is 6.42 Å². The largest absolute Gasteiger partial charge is 0.333 e. The van der Waals surface area contributed by atoms with Gasteiger partial charge in [0.05, 0.1) is 6.04 Å². The number of anilines is 2. The summed E-state index contributed by atoms with van der Waals surface area (Å²) in [6, 6.07) is 49.5. The summed E-state index contributed by atoms with van der Waals surface area (Å²) in [5.74, 6) is 0.321. The summed E-state index contributed by atoms with van der Waals surface area (Å²) in [7, 11) is 0. The Morgan fingerprint density at radius 3 is 2.07 bits per heavy atom. The Bertz CT molecular complexity index is 2080. The zero-order chi connectivity index (χ0) is 27.6.